The number of nitrogens with one attached hydrogen (secondary N) is 1. The maximum absolute atomic E-state index is 12.8. The summed E-state index contributed by atoms with van der Waals surface area (Å²) < 4.78 is 0. The number of anilines is 1. The van der Waals surface area contributed by atoms with E-state index in [1.807, 2.05) is 30.3 Å². The molecule has 2 saturated heterocycles. The maximum Gasteiger partial charge on any atom is 0.321 e. The van der Waals surface area contributed by atoms with E-state index < -0.39 is 11.8 Å². The molecule has 0 aliphatic carbocycles. The van der Waals surface area contributed by atoms with Crippen LogP contribution in [0.3, 0.4) is 0 Å². The maximum atomic E-state index is 12.8. The number of hydrogen-bond acceptors (Lipinski definition) is 3. The lowest BCUT2D eigenvalue weighted by molar-refractivity contribution is -0.158. The van der Waals surface area contributed by atoms with Crippen LogP contribution >= 0.6 is 23.2 Å². The Labute approximate surface area is 196 Å². The number of carbonyl (C=O) groups is 3. The molecule has 0 aromatic heterocycles. The average Bonchev–Trinajstić information content (AvgIpc) is 2.80. The second-order valence-corrected chi connectivity index (χ2v) is 8.83. The zero-order valence-corrected chi connectivity index (χ0v) is 19.0. The summed E-state index contributed by atoms with van der Waals surface area (Å²) in [5.41, 5.74) is 1.46. The van der Waals surface area contributed by atoms with Gasteiger partial charge < -0.3 is 20.0 Å². The van der Waals surface area contributed by atoms with Crippen molar-refractivity contribution in [2.24, 2.45) is 0 Å². The van der Waals surface area contributed by atoms with Crippen LogP contribution in [0.5, 0.6) is 0 Å². The van der Waals surface area contributed by atoms with Crippen LogP contribution in [0.4, 0.5) is 10.5 Å². The summed E-state index contributed by atoms with van der Waals surface area (Å²) in [6.45, 7) is 2.42. The Morgan fingerprint density at radius 1 is 0.938 bits per heavy atom. The standard InChI is InChI=1S/C23H24Cl2N4O3/c24-17-6-7-19(25)20(14-17)26-23(32)27-10-8-18(9-11-27)29-13-12-28(21(30)22(29)31)15-16-4-2-1-3-5-16/h1-7,14,18H,8-13,15H2,(H,26,32). The molecule has 2 heterocycles. The first-order chi connectivity index (χ1) is 15.4. The lowest BCUT2D eigenvalue weighted by Crippen LogP contribution is -2.59. The van der Waals surface area contributed by atoms with Gasteiger partial charge in [0.25, 0.3) is 0 Å². The molecule has 2 fully saturated rings. The summed E-state index contributed by atoms with van der Waals surface area (Å²) in [6.07, 6.45) is 1.24. The van der Waals surface area contributed by atoms with E-state index in [0.29, 0.717) is 61.3 Å². The molecule has 0 spiro atoms. The number of nitrogens with zero attached hydrogens (tertiary/aromatic N) is 3. The first-order valence-corrected chi connectivity index (χ1v) is 11.3. The molecule has 7 nitrogen and oxygen atoms in total. The predicted molar refractivity (Wildman–Crippen MR) is 124 cm³/mol. The first kappa shape index (κ1) is 22.4. The fraction of sp³-hybridized carbons (Fsp3) is 0.348. The molecule has 2 aliphatic rings. The number of amides is 4. The molecule has 2 aromatic carbocycles. The molecular formula is C23H24Cl2N4O3. The number of piperidine rings is 1. The van der Waals surface area contributed by atoms with Crippen molar-refractivity contribution < 1.29 is 14.4 Å². The Morgan fingerprint density at radius 2 is 1.66 bits per heavy atom. The minimum Gasteiger partial charge on any atom is -0.330 e. The van der Waals surface area contributed by atoms with E-state index >= 15 is 0 Å². The third-order valence-corrected chi connectivity index (χ3v) is 6.49. The average molecular weight is 475 g/mol. The molecule has 0 bridgehead atoms. The summed E-state index contributed by atoms with van der Waals surface area (Å²) in [6, 6.07) is 14.2. The number of carbonyl (C=O) groups excluding carboxylic acids is 3. The lowest BCUT2D eigenvalue weighted by Gasteiger charge is -2.42. The van der Waals surface area contributed by atoms with Crippen molar-refractivity contribution in [2.75, 3.05) is 31.5 Å². The van der Waals surface area contributed by atoms with Crippen LogP contribution in [0.25, 0.3) is 0 Å². The van der Waals surface area contributed by atoms with Crippen LogP contribution < -0.4 is 5.32 Å². The Bertz CT molecular complexity index is 1010. The Balaban J connectivity index is 1.30. The van der Waals surface area contributed by atoms with Crippen LogP contribution in [0.1, 0.15) is 18.4 Å². The topological polar surface area (TPSA) is 73.0 Å². The van der Waals surface area contributed by atoms with Crippen LogP contribution in [0.2, 0.25) is 10.0 Å². The van der Waals surface area contributed by atoms with Gasteiger partial charge in [-0.25, -0.2) is 4.79 Å². The number of benzene rings is 2. The van der Waals surface area contributed by atoms with Gasteiger partial charge in [0.2, 0.25) is 0 Å². The second-order valence-electron chi connectivity index (χ2n) is 7.98. The van der Waals surface area contributed by atoms with Crippen molar-refractivity contribution in [3.8, 4) is 0 Å². The zero-order valence-electron chi connectivity index (χ0n) is 17.5. The fourth-order valence-corrected chi connectivity index (χ4v) is 4.50. The minimum absolute atomic E-state index is 0.0517. The van der Waals surface area contributed by atoms with Crippen LogP contribution in [0.15, 0.2) is 48.5 Å². The lowest BCUT2D eigenvalue weighted by atomic mass is 10.0. The smallest absolute Gasteiger partial charge is 0.321 e. The number of rotatable bonds is 4. The molecule has 0 atom stereocenters. The van der Waals surface area contributed by atoms with Gasteiger partial charge in [-0.05, 0) is 36.6 Å². The summed E-state index contributed by atoms with van der Waals surface area (Å²) in [5, 5.41) is 3.69. The van der Waals surface area contributed by atoms with Gasteiger partial charge in [0.05, 0.1) is 10.7 Å². The molecular weight excluding hydrogens is 451 g/mol. The first-order valence-electron chi connectivity index (χ1n) is 10.6. The third kappa shape index (κ3) is 5.00. The predicted octanol–water partition coefficient (Wildman–Crippen LogP) is 3.86. The monoisotopic (exact) mass is 474 g/mol. The second kappa shape index (κ2) is 9.79. The molecule has 0 saturated carbocycles. The molecule has 1 N–H and O–H groups in total. The van der Waals surface area contributed by atoms with Crippen molar-refractivity contribution in [1.29, 1.82) is 0 Å². The number of urea groups is 1. The van der Waals surface area contributed by atoms with Gasteiger partial charge in [-0.15, -0.1) is 0 Å². The Morgan fingerprint density at radius 3 is 2.38 bits per heavy atom. The Kier molecular flexibility index (Phi) is 6.86. The van der Waals surface area contributed by atoms with Crippen molar-refractivity contribution in [2.45, 2.75) is 25.4 Å². The fourth-order valence-electron chi connectivity index (χ4n) is 4.16. The normalized spacial score (nSPS) is 17.6. The van der Waals surface area contributed by atoms with E-state index in [0.717, 1.165) is 5.56 Å². The van der Waals surface area contributed by atoms with E-state index in [4.69, 9.17) is 23.2 Å². The van der Waals surface area contributed by atoms with Gasteiger partial charge in [0.15, 0.2) is 0 Å². The van der Waals surface area contributed by atoms with Gasteiger partial charge in [0.1, 0.15) is 0 Å². The highest BCUT2D eigenvalue weighted by molar-refractivity contribution is 6.36. The quantitative estimate of drug-likeness (QED) is 0.683. The summed E-state index contributed by atoms with van der Waals surface area (Å²) in [5.74, 6) is -0.920. The molecule has 2 aromatic rings. The van der Waals surface area contributed by atoms with E-state index in [1.54, 1.807) is 32.9 Å². The molecule has 32 heavy (non-hydrogen) atoms. The largest absolute Gasteiger partial charge is 0.330 e. The van der Waals surface area contributed by atoms with Gasteiger partial charge in [-0.2, -0.15) is 0 Å². The highest BCUT2D eigenvalue weighted by Crippen LogP contribution is 2.26. The Hall–Kier alpha value is -2.77. The molecule has 4 amide bonds. The highest BCUT2D eigenvalue weighted by atomic mass is 35.5. The summed E-state index contributed by atoms with van der Waals surface area (Å²) >= 11 is 12.1. The van der Waals surface area contributed by atoms with Gasteiger partial charge in [-0.1, -0.05) is 53.5 Å². The molecule has 168 valence electrons. The molecule has 4 rings (SSSR count). The molecule has 2 aliphatic heterocycles. The van der Waals surface area contributed by atoms with Gasteiger partial charge in [0, 0.05) is 43.8 Å². The van der Waals surface area contributed by atoms with Crippen molar-refractivity contribution in [3.63, 3.8) is 0 Å². The third-order valence-electron chi connectivity index (χ3n) is 5.92. The SMILES string of the molecule is O=C(Nc1cc(Cl)ccc1Cl)N1CCC(N2CCN(Cc3ccccc3)C(=O)C2=O)CC1. The van der Waals surface area contributed by atoms with E-state index in [2.05, 4.69) is 5.32 Å². The number of hydrogen-bond donors (Lipinski definition) is 1. The van der Waals surface area contributed by atoms with Crippen LogP contribution in [-0.4, -0.2) is 64.8 Å². The zero-order chi connectivity index (χ0) is 22.7. The minimum atomic E-state index is -0.462. The summed E-state index contributed by atoms with van der Waals surface area (Å²) in [4.78, 5) is 43.0. The van der Waals surface area contributed by atoms with E-state index in [-0.39, 0.29) is 12.1 Å². The number of piperazine rings is 1. The number of likely N-dealkylation sites (tertiary alicyclic amines) is 1. The molecule has 0 unspecified atom stereocenters. The number of halogens is 2. The van der Waals surface area contributed by atoms with Gasteiger partial charge >= 0.3 is 17.8 Å². The van der Waals surface area contributed by atoms with Gasteiger partial charge in [-0.3, -0.25) is 9.59 Å². The van der Waals surface area contributed by atoms with Crippen molar-refractivity contribution >= 4 is 46.7 Å². The molecule has 9 heteroatoms. The van der Waals surface area contributed by atoms with Crippen LogP contribution in [-0.2, 0) is 16.1 Å². The van der Waals surface area contributed by atoms with Crippen molar-refractivity contribution in [3.05, 3.63) is 64.1 Å². The van der Waals surface area contributed by atoms with Crippen LogP contribution in [0, 0.1) is 0 Å². The highest BCUT2D eigenvalue weighted by Gasteiger charge is 2.38. The van der Waals surface area contributed by atoms with E-state index in [9.17, 15) is 14.4 Å². The summed E-state index contributed by atoms with van der Waals surface area (Å²) in [7, 11) is 0. The molecule has 0 radical (unpaired) electrons. The van der Waals surface area contributed by atoms with E-state index in [1.165, 1.54) is 0 Å². The van der Waals surface area contributed by atoms with Crippen molar-refractivity contribution in [1.82, 2.24) is 14.7 Å².